The van der Waals surface area contributed by atoms with Crippen LogP contribution in [0.15, 0.2) is 36.4 Å². The van der Waals surface area contributed by atoms with Crippen molar-refractivity contribution in [1.29, 1.82) is 0 Å². The summed E-state index contributed by atoms with van der Waals surface area (Å²) in [6.45, 7) is 2.12. The van der Waals surface area contributed by atoms with Gasteiger partial charge in [-0.1, -0.05) is 36.4 Å². The Kier molecular flexibility index (Phi) is 2.19. The fourth-order valence-corrected chi connectivity index (χ4v) is 1.91. The molecule has 1 heteroatoms. The van der Waals surface area contributed by atoms with Crippen LogP contribution >= 0.6 is 0 Å². The standard InChI is InChI=1S/C12H14O/c1-9-4-2-3-5-12(9)10-6-7-11(13)8-10/h2-7,10-11,13H,8H2,1H3/t10-,11-/m0/s1. The third-order valence-corrected chi connectivity index (χ3v) is 2.65. The van der Waals surface area contributed by atoms with Crippen LogP contribution in [0.5, 0.6) is 0 Å². The Morgan fingerprint density at radius 3 is 2.62 bits per heavy atom. The second-order valence-corrected chi connectivity index (χ2v) is 3.65. The molecule has 1 aliphatic carbocycles. The minimum atomic E-state index is -0.246. The number of aliphatic hydroxyl groups is 1. The molecule has 0 saturated carbocycles. The Labute approximate surface area is 78.7 Å². The van der Waals surface area contributed by atoms with Crippen LogP contribution in [0.2, 0.25) is 0 Å². The molecule has 2 atom stereocenters. The first-order valence-electron chi connectivity index (χ1n) is 4.69. The van der Waals surface area contributed by atoms with Crippen LogP contribution in [0.4, 0.5) is 0 Å². The maximum atomic E-state index is 9.36. The highest BCUT2D eigenvalue weighted by molar-refractivity contribution is 5.34. The lowest BCUT2D eigenvalue weighted by Gasteiger charge is -2.11. The van der Waals surface area contributed by atoms with E-state index in [0.717, 1.165) is 6.42 Å². The van der Waals surface area contributed by atoms with Gasteiger partial charge in [0.25, 0.3) is 0 Å². The van der Waals surface area contributed by atoms with Crippen molar-refractivity contribution in [3.05, 3.63) is 47.5 Å². The molecule has 1 aromatic rings. The topological polar surface area (TPSA) is 20.2 Å². The molecular formula is C12H14O. The van der Waals surface area contributed by atoms with E-state index in [-0.39, 0.29) is 6.10 Å². The van der Waals surface area contributed by atoms with Crippen LogP contribution in [-0.2, 0) is 0 Å². The summed E-state index contributed by atoms with van der Waals surface area (Å²) in [7, 11) is 0. The summed E-state index contributed by atoms with van der Waals surface area (Å²) >= 11 is 0. The highest BCUT2D eigenvalue weighted by atomic mass is 16.3. The number of aryl methyl sites for hydroxylation is 1. The number of allylic oxidation sites excluding steroid dienone is 1. The number of hydrogen-bond acceptors (Lipinski definition) is 1. The Morgan fingerprint density at radius 2 is 2.00 bits per heavy atom. The van der Waals surface area contributed by atoms with Gasteiger partial charge in [-0.2, -0.15) is 0 Å². The molecule has 0 radical (unpaired) electrons. The zero-order chi connectivity index (χ0) is 9.26. The zero-order valence-corrected chi connectivity index (χ0v) is 7.77. The van der Waals surface area contributed by atoms with E-state index in [2.05, 4.69) is 31.2 Å². The predicted molar refractivity (Wildman–Crippen MR) is 53.7 cm³/mol. The van der Waals surface area contributed by atoms with Gasteiger partial charge in [-0.15, -0.1) is 0 Å². The third-order valence-electron chi connectivity index (χ3n) is 2.65. The van der Waals surface area contributed by atoms with Crippen molar-refractivity contribution in [2.75, 3.05) is 0 Å². The molecule has 0 amide bonds. The molecule has 0 aliphatic heterocycles. The average Bonchev–Trinajstić information content (AvgIpc) is 2.53. The fraction of sp³-hybridized carbons (Fsp3) is 0.333. The summed E-state index contributed by atoms with van der Waals surface area (Å²) in [6.07, 6.45) is 4.58. The van der Waals surface area contributed by atoms with Crippen LogP contribution in [-0.4, -0.2) is 11.2 Å². The molecule has 1 aliphatic rings. The van der Waals surface area contributed by atoms with Crippen molar-refractivity contribution in [1.82, 2.24) is 0 Å². The normalized spacial score (nSPS) is 26.6. The van der Waals surface area contributed by atoms with Crippen LogP contribution in [0.1, 0.15) is 23.5 Å². The Bertz CT molecular complexity index is 328. The van der Waals surface area contributed by atoms with E-state index in [1.165, 1.54) is 11.1 Å². The third kappa shape index (κ3) is 1.65. The van der Waals surface area contributed by atoms with Gasteiger partial charge in [0.1, 0.15) is 0 Å². The minimum Gasteiger partial charge on any atom is -0.389 e. The molecule has 0 saturated heterocycles. The van der Waals surface area contributed by atoms with Crippen molar-refractivity contribution in [3.63, 3.8) is 0 Å². The van der Waals surface area contributed by atoms with Gasteiger partial charge >= 0.3 is 0 Å². The molecule has 0 heterocycles. The number of benzene rings is 1. The number of hydrogen-bond donors (Lipinski definition) is 1. The largest absolute Gasteiger partial charge is 0.389 e. The van der Waals surface area contributed by atoms with Crippen molar-refractivity contribution in [2.24, 2.45) is 0 Å². The van der Waals surface area contributed by atoms with E-state index in [4.69, 9.17) is 0 Å². The van der Waals surface area contributed by atoms with E-state index >= 15 is 0 Å². The van der Waals surface area contributed by atoms with Gasteiger partial charge in [0, 0.05) is 5.92 Å². The van der Waals surface area contributed by atoms with Gasteiger partial charge in [0.2, 0.25) is 0 Å². The monoisotopic (exact) mass is 174 g/mol. The fourth-order valence-electron chi connectivity index (χ4n) is 1.91. The molecule has 0 fully saturated rings. The zero-order valence-electron chi connectivity index (χ0n) is 7.77. The van der Waals surface area contributed by atoms with E-state index in [9.17, 15) is 5.11 Å². The summed E-state index contributed by atoms with van der Waals surface area (Å²) in [5.74, 6) is 0.413. The maximum Gasteiger partial charge on any atom is 0.0729 e. The summed E-state index contributed by atoms with van der Waals surface area (Å²) in [6, 6.07) is 8.37. The first-order chi connectivity index (χ1) is 6.27. The van der Waals surface area contributed by atoms with E-state index in [0.29, 0.717) is 5.92 Å². The number of aliphatic hydroxyl groups excluding tert-OH is 1. The van der Waals surface area contributed by atoms with Gasteiger partial charge in [-0.05, 0) is 24.5 Å². The van der Waals surface area contributed by atoms with Crippen molar-refractivity contribution >= 4 is 0 Å². The molecule has 1 nitrogen and oxygen atoms in total. The van der Waals surface area contributed by atoms with Crippen molar-refractivity contribution < 1.29 is 5.11 Å². The first kappa shape index (κ1) is 8.52. The molecule has 13 heavy (non-hydrogen) atoms. The van der Waals surface area contributed by atoms with Gasteiger partial charge in [0.05, 0.1) is 6.10 Å². The van der Waals surface area contributed by atoms with Gasteiger partial charge in [0.15, 0.2) is 0 Å². The lowest BCUT2D eigenvalue weighted by molar-refractivity contribution is 0.218. The Balaban J connectivity index is 2.27. The lowest BCUT2D eigenvalue weighted by atomic mass is 9.94. The summed E-state index contributed by atoms with van der Waals surface area (Å²) in [5.41, 5.74) is 2.65. The van der Waals surface area contributed by atoms with Crippen LogP contribution in [0, 0.1) is 6.92 Å². The molecule has 68 valence electrons. The molecule has 2 rings (SSSR count). The first-order valence-corrected chi connectivity index (χ1v) is 4.69. The summed E-state index contributed by atoms with van der Waals surface area (Å²) < 4.78 is 0. The van der Waals surface area contributed by atoms with Gasteiger partial charge in [-0.25, -0.2) is 0 Å². The lowest BCUT2D eigenvalue weighted by Crippen LogP contribution is -2.01. The van der Waals surface area contributed by atoms with E-state index < -0.39 is 0 Å². The smallest absolute Gasteiger partial charge is 0.0729 e. The van der Waals surface area contributed by atoms with Crippen LogP contribution in [0.25, 0.3) is 0 Å². The van der Waals surface area contributed by atoms with Crippen LogP contribution < -0.4 is 0 Å². The highest BCUT2D eigenvalue weighted by Gasteiger charge is 2.18. The molecule has 0 bridgehead atoms. The summed E-state index contributed by atoms with van der Waals surface area (Å²) in [4.78, 5) is 0. The SMILES string of the molecule is Cc1ccccc1[C@H]1C=C[C@H](O)C1. The quantitative estimate of drug-likeness (QED) is 0.648. The average molecular weight is 174 g/mol. The maximum absolute atomic E-state index is 9.36. The molecule has 1 aromatic carbocycles. The van der Waals surface area contributed by atoms with Crippen molar-refractivity contribution in [3.8, 4) is 0 Å². The van der Waals surface area contributed by atoms with E-state index in [1.807, 2.05) is 12.1 Å². The minimum absolute atomic E-state index is 0.246. The number of rotatable bonds is 1. The molecular weight excluding hydrogens is 160 g/mol. The highest BCUT2D eigenvalue weighted by Crippen LogP contribution is 2.30. The Morgan fingerprint density at radius 1 is 1.23 bits per heavy atom. The molecule has 1 N–H and O–H groups in total. The second kappa shape index (κ2) is 3.35. The van der Waals surface area contributed by atoms with Crippen molar-refractivity contribution in [2.45, 2.75) is 25.4 Å². The van der Waals surface area contributed by atoms with E-state index in [1.54, 1.807) is 0 Å². The Hall–Kier alpha value is -1.08. The molecule has 0 spiro atoms. The molecule has 0 unspecified atom stereocenters. The van der Waals surface area contributed by atoms with Crippen LogP contribution in [0.3, 0.4) is 0 Å². The summed E-state index contributed by atoms with van der Waals surface area (Å²) in [5, 5.41) is 9.36. The van der Waals surface area contributed by atoms with Gasteiger partial charge in [-0.3, -0.25) is 0 Å². The predicted octanol–water partition coefficient (Wildman–Crippen LogP) is 2.40. The second-order valence-electron chi connectivity index (χ2n) is 3.65. The van der Waals surface area contributed by atoms with Gasteiger partial charge < -0.3 is 5.11 Å². The molecule has 0 aromatic heterocycles.